The van der Waals surface area contributed by atoms with E-state index in [1.54, 1.807) is 27.0 Å². The summed E-state index contributed by atoms with van der Waals surface area (Å²) in [5, 5.41) is 9.57. The van der Waals surface area contributed by atoms with E-state index in [9.17, 15) is 9.59 Å². The summed E-state index contributed by atoms with van der Waals surface area (Å²) in [5.41, 5.74) is 1.92. The maximum Gasteiger partial charge on any atom is 0.258 e. The lowest BCUT2D eigenvalue weighted by molar-refractivity contribution is -0.120. The topological polar surface area (TPSA) is 106 Å². The molecular weight excluding hydrogens is 288 g/mol. The van der Waals surface area contributed by atoms with Gasteiger partial charge in [0.1, 0.15) is 0 Å². The van der Waals surface area contributed by atoms with E-state index in [1.165, 1.54) is 0 Å². The Balaban J connectivity index is 2.07. The fourth-order valence-electron chi connectivity index (χ4n) is 2.01. The molecule has 8 nitrogen and oxygen atoms in total. The first kappa shape index (κ1) is 15.9. The zero-order valence-electron chi connectivity index (χ0n) is 12.7. The highest BCUT2D eigenvalue weighted by atomic mass is 16.5. The number of pyridine rings is 1. The maximum absolute atomic E-state index is 12.3. The van der Waals surface area contributed by atoms with Crippen molar-refractivity contribution in [3.63, 3.8) is 0 Å². The van der Waals surface area contributed by atoms with Crippen LogP contribution in [0.25, 0.3) is 11.1 Å². The van der Waals surface area contributed by atoms with Crippen LogP contribution in [0.3, 0.4) is 0 Å². The molecule has 0 fully saturated rings. The van der Waals surface area contributed by atoms with Gasteiger partial charge in [-0.3, -0.25) is 9.59 Å². The van der Waals surface area contributed by atoms with Crippen molar-refractivity contribution in [1.29, 1.82) is 0 Å². The van der Waals surface area contributed by atoms with Crippen LogP contribution in [0.2, 0.25) is 0 Å². The fourth-order valence-corrected chi connectivity index (χ4v) is 2.01. The third-order valence-corrected chi connectivity index (χ3v) is 3.03. The minimum Gasteiger partial charge on any atom is -0.383 e. The van der Waals surface area contributed by atoms with Gasteiger partial charge < -0.3 is 19.9 Å². The molecule has 0 saturated heterocycles. The third-order valence-electron chi connectivity index (χ3n) is 3.03. The predicted octanol–water partition coefficient (Wildman–Crippen LogP) is 0.332. The molecule has 2 N–H and O–H groups in total. The summed E-state index contributed by atoms with van der Waals surface area (Å²) in [7, 11) is 1.55. The number of nitrogens with zero attached hydrogens (tertiary/aromatic N) is 2. The molecule has 0 aromatic carbocycles. The molecule has 0 aliphatic heterocycles. The van der Waals surface area contributed by atoms with Gasteiger partial charge >= 0.3 is 0 Å². The number of aryl methyl sites for hydroxylation is 2. The van der Waals surface area contributed by atoms with Crippen LogP contribution in [-0.2, 0) is 9.53 Å². The van der Waals surface area contributed by atoms with Crippen LogP contribution in [0.15, 0.2) is 10.6 Å². The number of aromatic nitrogens is 2. The van der Waals surface area contributed by atoms with Crippen LogP contribution < -0.4 is 10.6 Å². The minimum absolute atomic E-state index is 0.115. The Kier molecular flexibility index (Phi) is 5.05. The van der Waals surface area contributed by atoms with E-state index < -0.39 is 0 Å². The molecule has 2 rings (SSSR count). The number of carbonyl (C=O) groups excluding carboxylic acids is 2. The lowest BCUT2D eigenvalue weighted by atomic mass is 10.1. The molecule has 2 amide bonds. The number of rotatable bonds is 6. The van der Waals surface area contributed by atoms with Crippen molar-refractivity contribution in [1.82, 2.24) is 20.8 Å². The monoisotopic (exact) mass is 306 g/mol. The van der Waals surface area contributed by atoms with Gasteiger partial charge in [-0.1, -0.05) is 5.16 Å². The molecule has 2 aromatic rings. The number of fused-ring (bicyclic) bond motifs is 1. The number of ether oxygens (including phenoxy) is 1. The Morgan fingerprint density at radius 3 is 2.82 bits per heavy atom. The molecule has 0 bridgehead atoms. The Morgan fingerprint density at radius 2 is 2.09 bits per heavy atom. The van der Waals surface area contributed by atoms with Crippen LogP contribution >= 0.6 is 0 Å². The molecule has 0 radical (unpaired) electrons. The van der Waals surface area contributed by atoms with Crippen molar-refractivity contribution in [3.8, 4) is 0 Å². The number of amides is 2. The van der Waals surface area contributed by atoms with Crippen molar-refractivity contribution in [2.75, 3.05) is 26.8 Å². The summed E-state index contributed by atoms with van der Waals surface area (Å²) >= 11 is 0. The smallest absolute Gasteiger partial charge is 0.258 e. The van der Waals surface area contributed by atoms with Crippen LogP contribution in [0.1, 0.15) is 21.7 Å². The molecule has 0 saturated carbocycles. The first-order valence-corrected chi connectivity index (χ1v) is 6.80. The molecule has 8 heteroatoms. The summed E-state index contributed by atoms with van der Waals surface area (Å²) in [6.07, 6.45) is 0. The van der Waals surface area contributed by atoms with Crippen molar-refractivity contribution in [3.05, 3.63) is 23.0 Å². The Bertz CT molecular complexity index is 695. The van der Waals surface area contributed by atoms with Crippen molar-refractivity contribution in [2.45, 2.75) is 13.8 Å². The summed E-state index contributed by atoms with van der Waals surface area (Å²) in [6.45, 7) is 4.19. The normalized spacial score (nSPS) is 10.7. The quantitative estimate of drug-likeness (QED) is 0.745. The van der Waals surface area contributed by atoms with Crippen molar-refractivity contribution in [2.24, 2.45) is 0 Å². The average Bonchev–Trinajstić information content (AvgIpc) is 2.85. The van der Waals surface area contributed by atoms with E-state index in [2.05, 4.69) is 20.8 Å². The lowest BCUT2D eigenvalue weighted by Crippen LogP contribution is -2.38. The number of nitrogens with one attached hydrogen (secondary N) is 2. The Labute approximate surface area is 127 Å². The number of methoxy groups -OCH3 is 1. The zero-order chi connectivity index (χ0) is 16.1. The first-order chi connectivity index (χ1) is 10.5. The summed E-state index contributed by atoms with van der Waals surface area (Å²) in [6, 6.07) is 1.64. The van der Waals surface area contributed by atoms with Crippen molar-refractivity contribution < 1.29 is 18.8 Å². The maximum atomic E-state index is 12.3. The van der Waals surface area contributed by atoms with E-state index in [4.69, 9.17) is 9.26 Å². The molecule has 2 aromatic heterocycles. The van der Waals surface area contributed by atoms with E-state index in [0.29, 0.717) is 41.2 Å². The van der Waals surface area contributed by atoms with Gasteiger partial charge in [-0.15, -0.1) is 0 Å². The van der Waals surface area contributed by atoms with Gasteiger partial charge in [0.15, 0.2) is 0 Å². The highest BCUT2D eigenvalue weighted by Gasteiger charge is 2.18. The van der Waals surface area contributed by atoms with E-state index in [0.717, 1.165) is 0 Å². The lowest BCUT2D eigenvalue weighted by Gasteiger charge is -2.07. The second-order valence-electron chi connectivity index (χ2n) is 4.78. The molecule has 2 heterocycles. The fraction of sp³-hybridized carbons (Fsp3) is 0.429. The van der Waals surface area contributed by atoms with Crippen LogP contribution in [0, 0.1) is 13.8 Å². The molecule has 0 unspecified atom stereocenters. The molecule has 118 valence electrons. The van der Waals surface area contributed by atoms with Gasteiger partial charge in [-0.2, -0.15) is 0 Å². The molecule has 0 aliphatic carbocycles. The van der Waals surface area contributed by atoms with Gasteiger partial charge in [-0.05, 0) is 19.9 Å². The summed E-state index contributed by atoms with van der Waals surface area (Å²) < 4.78 is 9.90. The van der Waals surface area contributed by atoms with Gasteiger partial charge in [-0.25, -0.2) is 4.98 Å². The second-order valence-corrected chi connectivity index (χ2v) is 4.78. The minimum atomic E-state index is -0.372. The highest BCUT2D eigenvalue weighted by molar-refractivity contribution is 6.06. The average molecular weight is 306 g/mol. The molecular formula is C14H18N4O4. The van der Waals surface area contributed by atoms with Gasteiger partial charge in [0, 0.05) is 19.3 Å². The van der Waals surface area contributed by atoms with Crippen LogP contribution in [-0.4, -0.2) is 48.8 Å². The SMILES string of the molecule is COCCNC(=O)CNC(=O)c1cc(C)nc2onc(C)c12. The van der Waals surface area contributed by atoms with E-state index in [-0.39, 0.29) is 18.4 Å². The summed E-state index contributed by atoms with van der Waals surface area (Å²) in [5.74, 6) is -0.654. The second kappa shape index (κ2) is 6.99. The summed E-state index contributed by atoms with van der Waals surface area (Å²) in [4.78, 5) is 28.0. The number of hydrogen-bond acceptors (Lipinski definition) is 6. The highest BCUT2D eigenvalue weighted by Crippen LogP contribution is 2.21. The van der Waals surface area contributed by atoms with Gasteiger partial charge in [0.05, 0.1) is 29.8 Å². The number of carbonyl (C=O) groups is 2. The molecule has 0 spiro atoms. The van der Waals surface area contributed by atoms with Crippen molar-refractivity contribution >= 4 is 22.9 Å². The largest absolute Gasteiger partial charge is 0.383 e. The molecule has 0 aliphatic rings. The third kappa shape index (κ3) is 3.59. The molecule has 0 atom stereocenters. The predicted molar refractivity (Wildman–Crippen MR) is 78.5 cm³/mol. The standard InChI is InChI=1S/C14H18N4O4/c1-8-6-10(12-9(2)18-22-14(12)17-8)13(20)16-7-11(19)15-4-5-21-3/h6H,4-5,7H2,1-3H3,(H,15,19)(H,16,20). The van der Waals surface area contributed by atoms with Crippen LogP contribution in [0.5, 0.6) is 0 Å². The first-order valence-electron chi connectivity index (χ1n) is 6.80. The Hall–Kier alpha value is -2.48. The van der Waals surface area contributed by atoms with Gasteiger partial charge in [0.2, 0.25) is 5.91 Å². The number of hydrogen-bond donors (Lipinski definition) is 2. The Morgan fingerprint density at radius 1 is 1.32 bits per heavy atom. The van der Waals surface area contributed by atoms with E-state index >= 15 is 0 Å². The van der Waals surface area contributed by atoms with Gasteiger partial charge in [0.25, 0.3) is 11.6 Å². The van der Waals surface area contributed by atoms with E-state index in [1.807, 2.05) is 0 Å². The molecule has 22 heavy (non-hydrogen) atoms. The zero-order valence-corrected chi connectivity index (χ0v) is 12.7. The van der Waals surface area contributed by atoms with Crippen LogP contribution in [0.4, 0.5) is 0 Å².